The number of nitrogens with zero attached hydrogens (tertiary/aromatic N) is 1. The molecule has 1 saturated heterocycles. The fraction of sp³-hybridized carbons (Fsp3) is 0.353. The molecule has 1 aliphatic heterocycles. The lowest BCUT2D eigenvalue weighted by molar-refractivity contribution is -0.619. The Labute approximate surface area is 148 Å². The summed E-state index contributed by atoms with van der Waals surface area (Å²) in [6, 6.07) is 4.68. The lowest BCUT2D eigenvalue weighted by Gasteiger charge is -2.20. The van der Waals surface area contributed by atoms with Crippen LogP contribution in [0.2, 0.25) is 5.02 Å². The Hall–Kier alpha value is -2.09. The van der Waals surface area contributed by atoms with Crippen molar-refractivity contribution in [2.45, 2.75) is 25.3 Å². The normalized spacial score (nSPS) is 15.3. The molecule has 2 heterocycles. The van der Waals surface area contributed by atoms with Crippen LogP contribution in [0.1, 0.15) is 29.8 Å². The molecule has 8 heteroatoms. The third-order valence-corrected chi connectivity index (χ3v) is 4.48. The van der Waals surface area contributed by atoms with E-state index in [2.05, 4.69) is 9.97 Å². The standard InChI is InChI=1S/C17H18ClFN4O2/c18-13-7-10(1-2-14(13)19)8-15-22-16(12(9-20)17(24)23-15)21-11-3-5-25-6-4-11/h1-2,7,9,11,20H,3-6,8H2,(H2,21,22,23,24)/p+1. The van der Waals surface area contributed by atoms with Crippen molar-refractivity contribution >= 4 is 23.6 Å². The average molecular weight is 366 g/mol. The van der Waals surface area contributed by atoms with Gasteiger partial charge in [-0.2, -0.15) is 4.98 Å². The summed E-state index contributed by atoms with van der Waals surface area (Å²) in [7, 11) is 0. The second kappa shape index (κ2) is 7.86. The topological polar surface area (TPSA) is 95.4 Å². The van der Waals surface area contributed by atoms with Crippen LogP contribution in [0.5, 0.6) is 0 Å². The number of hydrogen-bond acceptors (Lipinski definition) is 4. The SMILES string of the molecule is N=Cc1c([NH2+]C2CCOCC2)nc(Cc2ccc(F)c(Cl)c2)[nH]c1=O. The van der Waals surface area contributed by atoms with Gasteiger partial charge in [-0.25, -0.2) is 4.39 Å². The molecule has 0 unspecified atom stereocenters. The molecule has 0 atom stereocenters. The first-order valence-electron chi connectivity index (χ1n) is 8.07. The molecule has 0 aliphatic carbocycles. The lowest BCUT2D eigenvalue weighted by Crippen LogP contribution is -2.86. The molecule has 0 spiro atoms. The number of nitrogens with two attached hydrogens (primary N) is 1. The van der Waals surface area contributed by atoms with Crippen LogP contribution in [-0.4, -0.2) is 35.4 Å². The van der Waals surface area contributed by atoms with Gasteiger partial charge < -0.3 is 15.1 Å². The van der Waals surface area contributed by atoms with Crippen molar-refractivity contribution in [3.05, 3.63) is 56.3 Å². The Morgan fingerprint density at radius 2 is 2.20 bits per heavy atom. The van der Waals surface area contributed by atoms with E-state index in [1.165, 1.54) is 12.1 Å². The van der Waals surface area contributed by atoms with E-state index in [4.69, 9.17) is 21.7 Å². The van der Waals surface area contributed by atoms with Gasteiger partial charge in [0.1, 0.15) is 17.2 Å². The van der Waals surface area contributed by atoms with Crippen LogP contribution in [0.25, 0.3) is 0 Å². The van der Waals surface area contributed by atoms with Crippen molar-refractivity contribution in [3.8, 4) is 0 Å². The van der Waals surface area contributed by atoms with E-state index < -0.39 is 5.82 Å². The van der Waals surface area contributed by atoms with Crippen LogP contribution in [0.15, 0.2) is 23.0 Å². The monoisotopic (exact) mass is 365 g/mol. The highest BCUT2D eigenvalue weighted by Gasteiger charge is 2.22. The molecule has 3 rings (SSSR count). The second-order valence-corrected chi connectivity index (χ2v) is 6.40. The summed E-state index contributed by atoms with van der Waals surface area (Å²) in [4.78, 5) is 19.5. The molecule has 0 amide bonds. The molecule has 0 bridgehead atoms. The predicted octanol–water partition coefficient (Wildman–Crippen LogP) is 1.52. The molecule has 2 aromatic rings. The third kappa shape index (κ3) is 4.31. The third-order valence-electron chi connectivity index (χ3n) is 4.19. The number of rotatable bonds is 5. The molecule has 0 saturated carbocycles. The molecule has 1 fully saturated rings. The van der Waals surface area contributed by atoms with Crippen LogP contribution in [0.4, 0.5) is 10.2 Å². The highest BCUT2D eigenvalue weighted by Crippen LogP contribution is 2.17. The second-order valence-electron chi connectivity index (χ2n) is 6.00. The number of quaternary nitrogens is 1. The van der Waals surface area contributed by atoms with Gasteiger partial charge in [-0.05, 0) is 17.7 Å². The Morgan fingerprint density at radius 1 is 1.44 bits per heavy atom. The zero-order valence-corrected chi connectivity index (χ0v) is 14.3. The van der Waals surface area contributed by atoms with Crippen molar-refractivity contribution in [2.24, 2.45) is 0 Å². The van der Waals surface area contributed by atoms with Gasteiger partial charge in [0, 0.05) is 25.5 Å². The fourth-order valence-corrected chi connectivity index (χ4v) is 3.05. The van der Waals surface area contributed by atoms with Gasteiger partial charge in [0.05, 0.1) is 24.3 Å². The number of aromatic nitrogens is 2. The summed E-state index contributed by atoms with van der Waals surface area (Å²) in [6.07, 6.45) is 3.08. The molecular weight excluding hydrogens is 347 g/mol. The zero-order valence-electron chi connectivity index (χ0n) is 13.5. The highest BCUT2D eigenvalue weighted by atomic mass is 35.5. The minimum atomic E-state index is -0.487. The quantitative estimate of drug-likeness (QED) is 0.701. The molecule has 4 N–H and O–H groups in total. The number of aromatic amines is 1. The van der Waals surface area contributed by atoms with E-state index in [-0.39, 0.29) is 22.2 Å². The van der Waals surface area contributed by atoms with E-state index >= 15 is 0 Å². The van der Waals surface area contributed by atoms with Gasteiger partial charge in [-0.1, -0.05) is 17.7 Å². The van der Waals surface area contributed by atoms with Crippen LogP contribution in [0.3, 0.4) is 0 Å². The van der Waals surface area contributed by atoms with Crippen LogP contribution in [0, 0.1) is 11.2 Å². The van der Waals surface area contributed by atoms with E-state index in [1.54, 1.807) is 6.07 Å². The van der Waals surface area contributed by atoms with Crippen molar-refractivity contribution in [1.82, 2.24) is 9.97 Å². The molecule has 0 radical (unpaired) electrons. The Bertz CT molecular complexity index is 834. The number of H-pyrrole nitrogens is 1. The van der Waals surface area contributed by atoms with Crippen LogP contribution in [-0.2, 0) is 11.2 Å². The van der Waals surface area contributed by atoms with Crippen molar-refractivity contribution < 1.29 is 14.4 Å². The molecule has 132 valence electrons. The Morgan fingerprint density at radius 3 is 2.88 bits per heavy atom. The van der Waals surface area contributed by atoms with Gasteiger partial charge in [0.25, 0.3) is 5.56 Å². The maximum Gasteiger partial charge on any atom is 0.266 e. The summed E-state index contributed by atoms with van der Waals surface area (Å²) in [6.45, 7) is 1.37. The smallest absolute Gasteiger partial charge is 0.266 e. The van der Waals surface area contributed by atoms with Gasteiger partial charge in [-0.3, -0.25) is 10.1 Å². The van der Waals surface area contributed by atoms with Crippen LogP contribution >= 0.6 is 11.6 Å². The van der Waals surface area contributed by atoms with Crippen LogP contribution < -0.4 is 10.9 Å². The van der Waals surface area contributed by atoms with E-state index in [1.807, 2.05) is 5.32 Å². The number of halogens is 2. The molecular formula is C17H19ClFN4O2+. The summed E-state index contributed by atoms with van der Waals surface area (Å²) < 4.78 is 18.6. The molecule has 1 aromatic carbocycles. The van der Waals surface area contributed by atoms with Gasteiger partial charge >= 0.3 is 0 Å². The van der Waals surface area contributed by atoms with E-state index in [0.717, 1.165) is 24.6 Å². The Kier molecular flexibility index (Phi) is 5.57. The Balaban J connectivity index is 1.87. The zero-order chi connectivity index (χ0) is 17.8. The molecule has 25 heavy (non-hydrogen) atoms. The largest absolute Gasteiger partial charge is 0.381 e. The van der Waals surface area contributed by atoms with Crippen molar-refractivity contribution in [3.63, 3.8) is 0 Å². The van der Waals surface area contributed by atoms with Gasteiger partial charge in [-0.15, -0.1) is 0 Å². The summed E-state index contributed by atoms with van der Waals surface area (Å²) in [5, 5.41) is 9.47. The summed E-state index contributed by atoms with van der Waals surface area (Å²) >= 11 is 5.80. The van der Waals surface area contributed by atoms with Gasteiger partial charge in [0.2, 0.25) is 5.82 Å². The number of ether oxygens (including phenoxy) is 1. The first-order valence-corrected chi connectivity index (χ1v) is 8.45. The highest BCUT2D eigenvalue weighted by molar-refractivity contribution is 6.30. The first kappa shape index (κ1) is 17.7. The number of nitrogens with one attached hydrogen (secondary N) is 2. The van der Waals surface area contributed by atoms with Crippen molar-refractivity contribution in [1.29, 1.82) is 5.41 Å². The molecule has 1 aliphatic rings. The minimum Gasteiger partial charge on any atom is -0.381 e. The number of benzene rings is 1. The first-order chi connectivity index (χ1) is 12.1. The fourth-order valence-electron chi connectivity index (χ4n) is 2.85. The van der Waals surface area contributed by atoms with E-state index in [9.17, 15) is 9.18 Å². The summed E-state index contributed by atoms with van der Waals surface area (Å²) in [5.74, 6) is 0.477. The maximum absolute atomic E-state index is 13.3. The predicted molar refractivity (Wildman–Crippen MR) is 92.4 cm³/mol. The molecule has 6 nitrogen and oxygen atoms in total. The summed E-state index contributed by atoms with van der Waals surface area (Å²) in [5.41, 5.74) is 0.632. The van der Waals surface area contributed by atoms with Gasteiger partial charge in [0.15, 0.2) is 0 Å². The number of hydrogen-bond donors (Lipinski definition) is 3. The average Bonchev–Trinajstić information content (AvgIpc) is 2.59. The maximum atomic E-state index is 13.3. The van der Waals surface area contributed by atoms with E-state index in [0.29, 0.717) is 31.3 Å². The molecule has 1 aromatic heterocycles. The minimum absolute atomic E-state index is 0.0324. The van der Waals surface area contributed by atoms with Crippen molar-refractivity contribution in [2.75, 3.05) is 13.2 Å². The lowest BCUT2D eigenvalue weighted by atomic mass is 10.1.